The first-order valence-electron chi connectivity index (χ1n) is 13.2. The highest BCUT2D eigenvalue weighted by Gasteiger charge is 2.28. The van der Waals surface area contributed by atoms with Crippen molar-refractivity contribution in [1.29, 1.82) is 0 Å². The fourth-order valence-corrected chi connectivity index (χ4v) is 5.14. The lowest BCUT2D eigenvalue weighted by molar-refractivity contribution is -0.135. The second-order valence-electron chi connectivity index (χ2n) is 10.8. The van der Waals surface area contributed by atoms with Crippen molar-refractivity contribution in [3.05, 3.63) is 59.3 Å². The Labute approximate surface area is 241 Å². The zero-order valence-electron chi connectivity index (χ0n) is 23.4. The highest BCUT2D eigenvalue weighted by Crippen LogP contribution is 2.35. The summed E-state index contributed by atoms with van der Waals surface area (Å²) in [4.78, 5) is 40.6. The van der Waals surface area contributed by atoms with E-state index in [1.165, 1.54) is 24.1 Å². The SMILES string of the molecule is CC(=O)N1CCN(c2ccc(Nc3ncc(Cl)c(-c4cc(F)c5nc(C(C)(C)O)n(C(C)C)c5c4)n3)cc2)C(=O)C1. The first-order chi connectivity index (χ1) is 19.3. The van der Waals surface area contributed by atoms with Crippen LogP contribution in [0.3, 0.4) is 0 Å². The summed E-state index contributed by atoms with van der Waals surface area (Å²) in [6.45, 7) is 9.52. The predicted molar refractivity (Wildman–Crippen MR) is 156 cm³/mol. The molecule has 2 aromatic heterocycles. The number of anilines is 3. The molecule has 41 heavy (non-hydrogen) atoms. The molecule has 0 bridgehead atoms. The third kappa shape index (κ3) is 5.59. The molecule has 2 aromatic carbocycles. The molecule has 214 valence electrons. The van der Waals surface area contributed by atoms with E-state index in [1.54, 1.807) is 49.1 Å². The lowest BCUT2D eigenvalue weighted by Gasteiger charge is -2.33. The molecule has 4 aromatic rings. The third-order valence-corrected chi connectivity index (χ3v) is 7.21. The predicted octanol–water partition coefficient (Wildman–Crippen LogP) is 5.03. The number of piperazine rings is 1. The number of hydrogen-bond donors (Lipinski definition) is 2. The van der Waals surface area contributed by atoms with Gasteiger partial charge in [-0.3, -0.25) is 9.59 Å². The average Bonchev–Trinajstić information content (AvgIpc) is 3.32. The van der Waals surface area contributed by atoms with Gasteiger partial charge in [-0.2, -0.15) is 0 Å². The quantitative estimate of drug-likeness (QED) is 0.329. The first kappa shape index (κ1) is 28.4. The van der Waals surface area contributed by atoms with Crippen LogP contribution in [0.1, 0.15) is 46.5 Å². The summed E-state index contributed by atoms with van der Waals surface area (Å²) in [6.07, 6.45) is 1.44. The molecule has 0 atom stereocenters. The number of rotatable bonds is 6. The van der Waals surface area contributed by atoms with Gasteiger partial charge in [0.25, 0.3) is 0 Å². The van der Waals surface area contributed by atoms with Crippen LogP contribution in [0.4, 0.5) is 21.7 Å². The second-order valence-corrected chi connectivity index (χ2v) is 11.2. The number of hydrogen-bond acceptors (Lipinski definition) is 7. The Morgan fingerprint density at radius 2 is 1.85 bits per heavy atom. The fraction of sp³-hybridized carbons (Fsp3) is 0.345. The smallest absolute Gasteiger partial charge is 0.246 e. The zero-order valence-corrected chi connectivity index (χ0v) is 24.2. The van der Waals surface area contributed by atoms with Gasteiger partial charge in [-0.15, -0.1) is 0 Å². The molecule has 12 heteroatoms. The van der Waals surface area contributed by atoms with E-state index in [9.17, 15) is 14.7 Å². The normalized spacial score (nSPS) is 14.3. The van der Waals surface area contributed by atoms with Crippen molar-refractivity contribution in [2.75, 3.05) is 29.9 Å². The van der Waals surface area contributed by atoms with Crippen LogP contribution in [-0.2, 0) is 15.2 Å². The fourth-order valence-electron chi connectivity index (χ4n) is 4.94. The van der Waals surface area contributed by atoms with E-state index >= 15 is 4.39 Å². The summed E-state index contributed by atoms with van der Waals surface area (Å²) < 4.78 is 17.1. The Morgan fingerprint density at radius 1 is 1.15 bits per heavy atom. The molecule has 1 aliphatic heterocycles. The van der Waals surface area contributed by atoms with Crippen molar-refractivity contribution in [3.8, 4) is 11.3 Å². The molecule has 10 nitrogen and oxygen atoms in total. The number of aromatic nitrogens is 4. The van der Waals surface area contributed by atoms with Crippen LogP contribution in [0.25, 0.3) is 22.3 Å². The van der Waals surface area contributed by atoms with Gasteiger partial charge in [0.05, 0.1) is 22.4 Å². The molecule has 1 fully saturated rings. The highest BCUT2D eigenvalue weighted by atomic mass is 35.5. The Balaban J connectivity index is 1.43. The van der Waals surface area contributed by atoms with Gasteiger partial charge in [0.1, 0.15) is 23.5 Å². The molecule has 1 aliphatic rings. The maximum atomic E-state index is 15.3. The maximum absolute atomic E-state index is 15.3. The van der Waals surface area contributed by atoms with Gasteiger partial charge in [0.15, 0.2) is 5.82 Å². The minimum Gasteiger partial charge on any atom is -0.383 e. The maximum Gasteiger partial charge on any atom is 0.246 e. The summed E-state index contributed by atoms with van der Waals surface area (Å²) in [5, 5.41) is 14.0. The molecule has 0 saturated carbocycles. The van der Waals surface area contributed by atoms with Gasteiger partial charge in [-0.05, 0) is 64.1 Å². The van der Waals surface area contributed by atoms with Crippen molar-refractivity contribution >= 4 is 51.8 Å². The summed E-state index contributed by atoms with van der Waals surface area (Å²) in [5.41, 5.74) is 1.56. The minimum absolute atomic E-state index is 0.0557. The van der Waals surface area contributed by atoms with E-state index in [2.05, 4.69) is 20.3 Å². The van der Waals surface area contributed by atoms with Crippen molar-refractivity contribution < 1.29 is 19.1 Å². The molecule has 0 radical (unpaired) electrons. The standard InChI is InChI=1S/C29H31ClFN7O3/c1-16(2)38-23-13-18(12-22(31)26(23)34-27(38)29(4,5)41)25-21(30)14-32-28(35-25)33-19-6-8-20(9-7-19)37-11-10-36(17(3)39)15-24(37)40/h6-9,12-14,16,41H,10-11,15H2,1-5H3,(H,32,33,35). The molecular weight excluding hydrogens is 549 g/mol. The largest absolute Gasteiger partial charge is 0.383 e. The first-order valence-corrected chi connectivity index (χ1v) is 13.6. The Bertz CT molecular complexity index is 1650. The Hall–Kier alpha value is -4.09. The van der Waals surface area contributed by atoms with Gasteiger partial charge in [0.2, 0.25) is 17.8 Å². The number of carbonyl (C=O) groups is 2. The molecule has 3 heterocycles. The minimum atomic E-state index is -1.27. The van der Waals surface area contributed by atoms with Crippen LogP contribution in [0, 0.1) is 5.82 Å². The molecular formula is C29H31ClFN7O3. The Kier molecular flexibility index (Phi) is 7.43. The van der Waals surface area contributed by atoms with E-state index in [1.807, 2.05) is 18.4 Å². The number of carbonyl (C=O) groups excluding carboxylic acids is 2. The lowest BCUT2D eigenvalue weighted by atomic mass is 10.1. The van der Waals surface area contributed by atoms with Crippen LogP contribution >= 0.6 is 11.6 Å². The number of imidazole rings is 1. The molecule has 1 saturated heterocycles. The molecule has 0 aliphatic carbocycles. The number of nitrogens with one attached hydrogen (secondary N) is 1. The van der Waals surface area contributed by atoms with Gasteiger partial charge in [0, 0.05) is 43.0 Å². The van der Waals surface area contributed by atoms with Crippen LogP contribution in [-0.4, -0.2) is 61.0 Å². The molecule has 2 amide bonds. The average molecular weight is 580 g/mol. The number of nitrogens with zero attached hydrogens (tertiary/aromatic N) is 6. The van der Waals surface area contributed by atoms with Gasteiger partial charge >= 0.3 is 0 Å². The van der Waals surface area contributed by atoms with Crippen LogP contribution in [0.2, 0.25) is 5.02 Å². The topological polar surface area (TPSA) is 116 Å². The van der Waals surface area contributed by atoms with Crippen LogP contribution in [0.15, 0.2) is 42.6 Å². The van der Waals surface area contributed by atoms with Gasteiger partial charge in [-0.25, -0.2) is 19.3 Å². The zero-order chi connectivity index (χ0) is 29.6. The summed E-state index contributed by atoms with van der Waals surface area (Å²) >= 11 is 6.47. The summed E-state index contributed by atoms with van der Waals surface area (Å²) in [6, 6.07) is 10.2. The highest BCUT2D eigenvalue weighted by molar-refractivity contribution is 6.33. The van der Waals surface area contributed by atoms with Crippen molar-refractivity contribution in [2.24, 2.45) is 0 Å². The monoisotopic (exact) mass is 579 g/mol. The summed E-state index contributed by atoms with van der Waals surface area (Å²) in [7, 11) is 0. The van der Waals surface area contributed by atoms with Crippen LogP contribution < -0.4 is 10.2 Å². The molecule has 5 rings (SSSR count). The number of fused-ring (bicyclic) bond motifs is 1. The van der Waals surface area contributed by atoms with E-state index in [0.717, 1.165) is 5.69 Å². The van der Waals surface area contributed by atoms with Crippen LogP contribution in [0.5, 0.6) is 0 Å². The number of amides is 2. The third-order valence-electron chi connectivity index (χ3n) is 6.93. The van der Waals surface area contributed by atoms with Gasteiger partial charge < -0.3 is 24.8 Å². The van der Waals surface area contributed by atoms with E-state index < -0.39 is 11.4 Å². The molecule has 0 spiro atoms. The number of halogens is 2. The Morgan fingerprint density at radius 3 is 2.46 bits per heavy atom. The van der Waals surface area contributed by atoms with Gasteiger partial charge in [-0.1, -0.05) is 11.6 Å². The molecule has 0 unspecified atom stereocenters. The van der Waals surface area contributed by atoms with Crippen molar-refractivity contribution in [2.45, 2.75) is 46.3 Å². The lowest BCUT2D eigenvalue weighted by Crippen LogP contribution is -2.51. The number of benzene rings is 2. The molecule has 2 N–H and O–H groups in total. The summed E-state index contributed by atoms with van der Waals surface area (Å²) in [5.74, 6) is -0.206. The van der Waals surface area contributed by atoms with E-state index in [0.29, 0.717) is 41.4 Å². The second kappa shape index (κ2) is 10.7. The van der Waals surface area contributed by atoms with Crippen molar-refractivity contribution in [1.82, 2.24) is 24.4 Å². The van der Waals surface area contributed by atoms with E-state index in [4.69, 9.17) is 11.6 Å². The van der Waals surface area contributed by atoms with E-state index in [-0.39, 0.29) is 40.9 Å². The number of aliphatic hydroxyl groups is 1. The van der Waals surface area contributed by atoms with Crippen molar-refractivity contribution in [3.63, 3.8) is 0 Å².